The van der Waals surface area contributed by atoms with Crippen molar-refractivity contribution in [2.24, 2.45) is 0 Å². The average Bonchev–Trinajstić information content (AvgIpc) is 2.49. The van der Waals surface area contributed by atoms with Crippen LogP contribution in [-0.4, -0.2) is 12.6 Å². The van der Waals surface area contributed by atoms with Crippen molar-refractivity contribution >= 4 is 46.5 Å². The third-order valence-electron chi connectivity index (χ3n) is 2.61. The van der Waals surface area contributed by atoms with Crippen LogP contribution in [0.25, 0.3) is 0 Å². The van der Waals surface area contributed by atoms with Crippen LogP contribution in [0, 0.1) is 11.8 Å². The van der Waals surface area contributed by atoms with E-state index in [0.29, 0.717) is 20.8 Å². The van der Waals surface area contributed by atoms with Crippen molar-refractivity contribution in [1.29, 1.82) is 0 Å². The first-order valence-electron chi connectivity index (χ1n) is 6.29. The maximum Gasteiger partial charge on any atom is 0.319 e. The van der Waals surface area contributed by atoms with Crippen molar-refractivity contribution in [3.8, 4) is 11.8 Å². The number of carbonyl (C=O) groups is 1. The lowest BCUT2D eigenvalue weighted by molar-refractivity contribution is 0.253. The molecule has 2 aromatic carbocycles. The topological polar surface area (TPSA) is 41.1 Å². The molecule has 112 valence electrons. The molecule has 0 heterocycles. The molecule has 6 heteroatoms. The maximum absolute atomic E-state index is 11.7. The quantitative estimate of drug-likeness (QED) is 0.747. The number of amides is 2. The molecular formula is C16H11Cl3N2O. The van der Waals surface area contributed by atoms with Crippen LogP contribution in [0.2, 0.25) is 15.1 Å². The van der Waals surface area contributed by atoms with Crippen LogP contribution in [0.1, 0.15) is 5.56 Å². The fourth-order valence-corrected chi connectivity index (χ4v) is 2.06. The molecule has 0 bridgehead atoms. The van der Waals surface area contributed by atoms with Crippen molar-refractivity contribution in [2.45, 2.75) is 0 Å². The van der Waals surface area contributed by atoms with Crippen LogP contribution in [0.5, 0.6) is 0 Å². The van der Waals surface area contributed by atoms with Crippen LogP contribution in [0.15, 0.2) is 42.5 Å². The number of carbonyl (C=O) groups excluding carboxylic acids is 1. The van der Waals surface area contributed by atoms with Gasteiger partial charge >= 0.3 is 6.03 Å². The van der Waals surface area contributed by atoms with E-state index in [0.717, 1.165) is 5.56 Å². The number of hydrogen-bond acceptors (Lipinski definition) is 1. The van der Waals surface area contributed by atoms with E-state index in [-0.39, 0.29) is 12.6 Å². The lowest BCUT2D eigenvalue weighted by atomic mass is 10.2. The van der Waals surface area contributed by atoms with Crippen molar-refractivity contribution in [3.63, 3.8) is 0 Å². The van der Waals surface area contributed by atoms with E-state index in [9.17, 15) is 4.79 Å². The van der Waals surface area contributed by atoms with E-state index in [4.69, 9.17) is 34.8 Å². The molecular weight excluding hydrogens is 343 g/mol. The molecule has 3 nitrogen and oxygen atoms in total. The van der Waals surface area contributed by atoms with Gasteiger partial charge in [0.2, 0.25) is 0 Å². The summed E-state index contributed by atoms with van der Waals surface area (Å²) in [5.74, 6) is 5.71. The largest absolute Gasteiger partial charge is 0.327 e. The van der Waals surface area contributed by atoms with Gasteiger partial charge in [-0.1, -0.05) is 58.8 Å². The summed E-state index contributed by atoms with van der Waals surface area (Å²) in [4.78, 5) is 11.7. The Labute approximate surface area is 143 Å². The van der Waals surface area contributed by atoms with Crippen LogP contribution in [0.4, 0.5) is 10.5 Å². The summed E-state index contributed by atoms with van der Waals surface area (Å²) < 4.78 is 0. The van der Waals surface area contributed by atoms with Gasteiger partial charge in [0.1, 0.15) is 0 Å². The normalized spacial score (nSPS) is 9.59. The van der Waals surface area contributed by atoms with Gasteiger partial charge in [-0.05, 0) is 30.3 Å². The Balaban J connectivity index is 1.86. The predicted molar refractivity (Wildman–Crippen MR) is 91.8 cm³/mol. The average molecular weight is 354 g/mol. The number of nitrogens with one attached hydrogen (secondary N) is 2. The lowest BCUT2D eigenvalue weighted by Gasteiger charge is -2.06. The first kappa shape index (κ1) is 16.5. The van der Waals surface area contributed by atoms with E-state index in [1.54, 1.807) is 24.3 Å². The second-order valence-corrected chi connectivity index (χ2v) is 5.44. The molecule has 2 aromatic rings. The summed E-state index contributed by atoms with van der Waals surface area (Å²) in [5.41, 5.74) is 1.27. The number of benzene rings is 2. The highest BCUT2D eigenvalue weighted by Gasteiger charge is 2.03. The monoisotopic (exact) mass is 352 g/mol. The number of rotatable bonds is 2. The van der Waals surface area contributed by atoms with E-state index in [1.165, 1.54) is 0 Å². The number of anilines is 1. The van der Waals surface area contributed by atoms with E-state index < -0.39 is 0 Å². The highest BCUT2D eigenvalue weighted by molar-refractivity contribution is 6.42. The van der Waals surface area contributed by atoms with Gasteiger partial charge < -0.3 is 10.6 Å². The molecule has 0 saturated carbocycles. The highest BCUT2D eigenvalue weighted by Crippen LogP contribution is 2.24. The minimum Gasteiger partial charge on any atom is -0.327 e. The number of hydrogen-bond donors (Lipinski definition) is 2. The molecule has 0 fully saturated rings. The lowest BCUT2D eigenvalue weighted by Crippen LogP contribution is -2.28. The van der Waals surface area contributed by atoms with Gasteiger partial charge in [-0.25, -0.2) is 4.79 Å². The Bertz CT molecular complexity index is 751. The summed E-state index contributed by atoms with van der Waals surface area (Å²) >= 11 is 17.6. The maximum atomic E-state index is 11.7. The van der Waals surface area contributed by atoms with Gasteiger partial charge in [-0.2, -0.15) is 0 Å². The van der Waals surface area contributed by atoms with Crippen molar-refractivity contribution in [1.82, 2.24) is 5.32 Å². The molecule has 2 amide bonds. The first-order valence-corrected chi connectivity index (χ1v) is 7.43. The molecule has 0 unspecified atom stereocenters. The summed E-state index contributed by atoms with van der Waals surface area (Å²) in [6, 6.07) is 11.7. The summed E-state index contributed by atoms with van der Waals surface area (Å²) in [7, 11) is 0. The molecule has 0 spiro atoms. The molecule has 2 rings (SSSR count). The number of urea groups is 1. The first-order chi connectivity index (χ1) is 10.6. The Kier molecular flexibility index (Phi) is 5.97. The van der Waals surface area contributed by atoms with Gasteiger partial charge in [0.05, 0.1) is 21.6 Å². The second kappa shape index (κ2) is 7.95. The van der Waals surface area contributed by atoms with Crippen molar-refractivity contribution in [3.05, 3.63) is 63.1 Å². The Morgan fingerprint density at radius 1 is 1.00 bits per heavy atom. The Morgan fingerprint density at radius 2 is 1.77 bits per heavy atom. The zero-order valence-corrected chi connectivity index (χ0v) is 13.6. The Hall–Kier alpha value is -1.86. The fourth-order valence-electron chi connectivity index (χ4n) is 1.58. The van der Waals surface area contributed by atoms with Crippen LogP contribution < -0.4 is 10.6 Å². The van der Waals surface area contributed by atoms with Crippen molar-refractivity contribution < 1.29 is 4.79 Å². The molecule has 0 atom stereocenters. The Morgan fingerprint density at radius 3 is 2.50 bits per heavy atom. The molecule has 0 aliphatic heterocycles. The van der Waals surface area contributed by atoms with Gasteiger partial charge in [-0.3, -0.25) is 0 Å². The SMILES string of the molecule is O=C(NCC#Cc1ccccc1Cl)Nc1ccc(Cl)c(Cl)c1. The van der Waals surface area contributed by atoms with E-state index in [1.807, 2.05) is 18.2 Å². The minimum absolute atomic E-state index is 0.193. The van der Waals surface area contributed by atoms with Crippen LogP contribution in [-0.2, 0) is 0 Å². The van der Waals surface area contributed by atoms with Crippen LogP contribution in [0.3, 0.4) is 0 Å². The minimum atomic E-state index is -0.383. The predicted octanol–water partition coefficient (Wildman–Crippen LogP) is 4.82. The molecule has 0 saturated heterocycles. The summed E-state index contributed by atoms with van der Waals surface area (Å²) in [6.07, 6.45) is 0. The van der Waals surface area contributed by atoms with Crippen molar-refractivity contribution in [2.75, 3.05) is 11.9 Å². The molecule has 0 aliphatic rings. The highest BCUT2D eigenvalue weighted by atomic mass is 35.5. The second-order valence-electron chi connectivity index (χ2n) is 4.22. The zero-order valence-electron chi connectivity index (χ0n) is 11.3. The fraction of sp³-hybridized carbons (Fsp3) is 0.0625. The van der Waals surface area contributed by atoms with Gasteiger partial charge in [0.15, 0.2) is 0 Å². The summed E-state index contributed by atoms with van der Waals surface area (Å²) in [6.45, 7) is 0.193. The van der Waals surface area contributed by atoms with Gasteiger partial charge in [-0.15, -0.1) is 0 Å². The van der Waals surface area contributed by atoms with E-state index in [2.05, 4.69) is 22.5 Å². The zero-order chi connectivity index (χ0) is 15.9. The smallest absolute Gasteiger partial charge is 0.319 e. The molecule has 2 N–H and O–H groups in total. The molecule has 0 aliphatic carbocycles. The standard InChI is InChI=1S/C16H11Cl3N2O/c17-13-6-2-1-4-11(13)5-3-9-20-16(22)21-12-7-8-14(18)15(19)10-12/h1-2,4,6-8,10H,9H2,(H2,20,21,22). The van der Waals surface area contributed by atoms with Gasteiger partial charge in [0.25, 0.3) is 0 Å². The third kappa shape index (κ3) is 4.85. The van der Waals surface area contributed by atoms with E-state index >= 15 is 0 Å². The molecule has 0 aromatic heterocycles. The molecule has 22 heavy (non-hydrogen) atoms. The molecule has 0 radical (unpaired) electrons. The summed E-state index contributed by atoms with van der Waals surface area (Å²) in [5, 5.41) is 6.63. The van der Waals surface area contributed by atoms with Gasteiger partial charge in [0, 0.05) is 11.3 Å². The number of halogens is 3. The van der Waals surface area contributed by atoms with Crippen LogP contribution >= 0.6 is 34.8 Å². The third-order valence-corrected chi connectivity index (χ3v) is 3.68.